The van der Waals surface area contributed by atoms with Crippen molar-refractivity contribution >= 4 is 5.97 Å². The van der Waals surface area contributed by atoms with Crippen LogP contribution in [0.25, 0.3) is 0 Å². The maximum Gasteiger partial charge on any atom is 0.321 e. The summed E-state index contributed by atoms with van der Waals surface area (Å²) in [5.74, 6) is -0.938. The molecule has 2 rings (SSSR count). The molecule has 0 aliphatic carbocycles. The summed E-state index contributed by atoms with van der Waals surface area (Å²) in [7, 11) is 0. The first-order valence-electron chi connectivity index (χ1n) is 6.52. The largest absolute Gasteiger partial charge is 0.459 e. The molecule has 0 fully saturated rings. The standard InChI is InChI=1S/C16H18N2O2/c1-16(2,3)20-15(19)14(12-8-4-6-10-17-12)13-9-5-7-11-18-13/h4-11,14H,1-3H3. The number of hydrogen-bond donors (Lipinski definition) is 0. The predicted molar refractivity (Wildman–Crippen MR) is 76.2 cm³/mol. The van der Waals surface area contributed by atoms with Crippen molar-refractivity contribution in [3.05, 3.63) is 60.2 Å². The number of carbonyl (C=O) groups is 1. The Morgan fingerprint density at radius 1 is 1.00 bits per heavy atom. The van der Waals surface area contributed by atoms with E-state index in [-0.39, 0.29) is 5.97 Å². The Labute approximate surface area is 118 Å². The van der Waals surface area contributed by atoms with Crippen LogP contribution < -0.4 is 0 Å². The van der Waals surface area contributed by atoms with Crippen LogP contribution in [0.5, 0.6) is 0 Å². The third kappa shape index (κ3) is 3.63. The molecule has 0 saturated heterocycles. The van der Waals surface area contributed by atoms with Gasteiger partial charge in [0.1, 0.15) is 11.5 Å². The molecule has 0 atom stereocenters. The van der Waals surface area contributed by atoms with Crippen LogP contribution in [0.3, 0.4) is 0 Å². The Balaban J connectivity index is 2.38. The van der Waals surface area contributed by atoms with E-state index in [0.717, 1.165) is 0 Å². The first-order valence-corrected chi connectivity index (χ1v) is 6.52. The van der Waals surface area contributed by atoms with Crippen molar-refractivity contribution in [1.82, 2.24) is 9.97 Å². The number of esters is 1. The summed E-state index contributed by atoms with van der Waals surface area (Å²) in [4.78, 5) is 21.0. The second-order valence-electron chi connectivity index (χ2n) is 5.48. The Bertz CT molecular complexity index is 523. The molecule has 0 unspecified atom stereocenters. The van der Waals surface area contributed by atoms with Gasteiger partial charge in [0.15, 0.2) is 0 Å². The average Bonchev–Trinajstić information content (AvgIpc) is 2.39. The lowest BCUT2D eigenvalue weighted by molar-refractivity contribution is -0.155. The molecule has 2 aromatic heterocycles. The van der Waals surface area contributed by atoms with Gasteiger partial charge in [0, 0.05) is 12.4 Å². The van der Waals surface area contributed by atoms with E-state index in [1.807, 2.05) is 57.2 Å². The van der Waals surface area contributed by atoms with Crippen molar-refractivity contribution < 1.29 is 9.53 Å². The number of hydrogen-bond acceptors (Lipinski definition) is 4. The Hall–Kier alpha value is -2.23. The van der Waals surface area contributed by atoms with E-state index >= 15 is 0 Å². The molecule has 0 aliphatic rings. The number of nitrogens with zero attached hydrogens (tertiary/aromatic N) is 2. The van der Waals surface area contributed by atoms with Crippen molar-refractivity contribution in [2.24, 2.45) is 0 Å². The van der Waals surface area contributed by atoms with E-state index in [1.54, 1.807) is 12.4 Å². The van der Waals surface area contributed by atoms with Crippen LogP contribution >= 0.6 is 0 Å². The highest BCUT2D eigenvalue weighted by atomic mass is 16.6. The summed E-state index contributed by atoms with van der Waals surface area (Å²) >= 11 is 0. The Morgan fingerprint density at radius 2 is 1.50 bits per heavy atom. The van der Waals surface area contributed by atoms with Crippen molar-refractivity contribution in [1.29, 1.82) is 0 Å². The monoisotopic (exact) mass is 270 g/mol. The quantitative estimate of drug-likeness (QED) is 0.805. The van der Waals surface area contributed by atoms with E-state index in [0.29, 0.717) is 11.4 Å². The zero-order chi connectivity index (χ0) is 14.6. The van der Waals surface area contributed by atoms with E-state index < -0.39 is 11.5 Å². The second-order valence-corrected chi connectivity index (χ2v) is 5.48. The van der Waals surface area contributed by atoms with Crippen molar-refractivity contribution in [3.8, 4) is 0 Å². The van der Waals surface area contributed by atoms with Crippen LogP contribution in [-0.2, 0) is 9.53 Å². The molecule has 0 amide bonds. The molecule has 0 aliphatic heterocycles. The number of ether oxygens (including phenoxy) is 1. The number of carbonyl (C=O) groups excluding carboxylic acids is 1. The minimum absolute atomic E-state index is 0.338. The topological polar surface area (TPSA) is 52.1 Å². The van der Waals surface area contributed by atoms with Crippen LogP contribution in [-0.4, -0.2) is 21.5 Å². The number of rotatable bonds is 3. The molecule has 20 heavy (non-hydrogen) atoms. The van der Waals surface area contributed by atoms with Gasteiger partial charge in [-0.2, -0.15) is 0 Å². The summed E-state index contributed by atoms with van der Waals surface area (Å²) in [6.45, 7) is 5.54. The van der Waals surface area contributed by atoms with Crippen molar-refractivity contribution in [2.75, 3.05) is 0 Å². The molecule has 2 heterocycles. The fourth-order valence-electron chi connectivity index (χ4n) is 1.85. The van der Waals surface area contributed by atoms with Crippen LogP contribution in [0, 0.1) is 0 Å². The summed E-state index contributed by atoms with van der Waals surface area (Å²) < 4.78 is 5.49. The Kier molecular flexibility index (Phi) is 4.13. The average molecular weight is 270 g/mol. The van der Waals surface area contributed by atoms with Crippen LogP contribution in [0.2, 0.25) is 0 Å². The number of aromatic nitrogens is 2. The highest BCUT2D eigenvalue weighted by molar-refractivity contribution is 5.81. The minimum atomic E-state index is -0.600. The van der Waals surface area contributed by atoms with Gasteiger partial charge in [-0.25, -0.2) is 0 Å². The van der Waals surface area contributed by atoms with E-state index in [1.165, 1.54) is 0 Å². The molecule has 0 aromatic carbocycles. The van der Waals surface area contributed by atoms with Gasteiger partial charge >= 0.3 is 5.97 Å². The summed E-state index contributed by atoms with van der Waals surface area (Å²) in [5, 5.41) is 0. The Morgan fingerprint density at radius 3 is 1.85 bits per heavy atom. The molecule has 0 saturated carbocycles. The third-order valence-corrected chi connectivity index (χ3v) is 2.61. The van der Waals surface area contributed by atoms with E-state index in [9.17, 15) is 4.79 Å². The molecular weight excluding hydrogens is 252 g/mol. The van der Waals surface area contributed by atoms with Gasteiger partial charge < -0.3 is 4.74 Å². The number of pyridine rings is 2. The normalized spacial score (nSPS) is 11.4. The lowest BCUT2D eigenvalue weighted by atomic mass is 9.99. The van der Waals surface area contributed by atoms with Crippen LogP contribution in [0.1, 0.15) is 38.1 Å². The van der Waals surface area contributed by atoms with Crippen molar-refractivity contribution in [2.45, 2.75) is 32.3 Å². The first-order chi connectivity index (χ1) is 9.47. The summed E-state index contributed by atoms with van der Waals surface area (Å²) in [6, 6.07) is 10.9. The molecule has 0 N–H and O–H groups in total. The smallest absolute Gasteiger partial charge is 0.321 e. The minimum Gasteiger partial charge on any atom is -0.459 e. The van der Waals surface area contributed by atoms with E-state index in [2.05, 4.69) is 9.97 Å². The van der Waals surface area contributed by atoms with Gasteiger partial charge in [-0.05, 0) is 45.0 Å². The third-order valence-electron chi connectivity index (χ3n) is 2.61. The molecular formula is C16H18N2O2. The molecule has 2 aromatic rings. The fraction of sp³-hybridized carbons (Fsp3) is 0.312. The highest BCUT2D eigenvalue weighted by Crippen LogP contribution is 2.24. The van der Waals surface area contributed by atoms with Gasteiger partial charge in [0.2, 0.25) is 0 Å². The first kappa shape index (κ1) is 14.2. The van der Waals surface area contributed by atoms with Crippen LogP contribution in [0.4, 0.5) is 0 Å². The fourth-order valence-corrected chi connectivity index (χ4v) is 1.85. The summed E-state index contributed by atoms with van der Waals surface area (Å²) in [6.07, 6.45) is 3.32. The zero-order valence-electron chi connectivity index (χ0n) is 11.9. The molecule has 0 spiro atoms. The maximum absolute atomic E-state index is 12.5. The van der Waals surface area contributed by atoms with Gasteiger partial charge in [0.05, 0.1) is 11.4 Å². The molecule has 4 nitrogen and oxygen atoms in total. The predicted octanol–water partition coefficient (Wildman–Crippen LogP) is 2.95. The van der Waals surface area contributed by atoms with Crippen molar-refractivity contribution in [3.63, 3.8) is 0 Å². The van der Waals surface area contributed by atoms with Gasteiger partial charge in [-0.3, -0.25) is 14.8 Å². The molecule has 0 radical (unpaired) electrons. The second kappa shape index (κ2) is 5.82. The van der Waals surface area contributed by atoms with Gasteiger partial charge in [-0.15, -0.1) is 0 Å². The molecule has 104 valence electrons. The highest BCUT2D eigenvalue weighted by Gasteiger charge is 2.29. The lowest BCUT2D eigenvalue weighted by Gasteiger charge is -2.23. The van der Waals surface area contributed by atoms with Crippen LogP contribution in [0.15, 0.2) is 48.8 Å². The molecule has 0 bridgehead atoms. The molecule has 4 heteroatoms. The maximum atomic E-state index is 12.5. The van der Waals surface area contributed by atoms with Gasteiger partial charge in [0.25, 0.3) is 0 Å². The zero-order valence-corrected chi connectivity index (χ0v) is 11.9. The van der Waals surface area contributed by atoms with E-state index in [4.69, 9.17) is 4.74 Å². The lowest BCUT2D eigenvalue weighted by Crippen LogP contribution is -2.29. The van der Waals surface area contributed by atoms with Gasteiger partial charge in [-0.1, -0.05) is 12.1 Å². The summed E-state index contributed by atoms with van der Waals surface area (Å²) in [5.41, 5.74) is 0.736. The SMILES string of the molecule is CC(C)(C)OC(=O)C(c1ccccn1)c1ccccn1.